The Balaban J connectivity index is 1.19. The van der Waals surface area contributed by atoms with E-state index >= 15 is 0 Å². The lowest BCUT2D eigenvalue weighted by molar-refractivity contribution is -0.130. The summed E-state index contributed by atoms with van der Waals surface area (Å²) in [5, 5.41) is 4.15. The first-order valence-electron chi connectivity index (χ1n) is 12.0. The summed E-state index contributed by atoms with van der Waals surface area (Å²) in [6.07, 6.45) is 4.23. The van der Waals surface area contributed by atoms with E-state index in [1.807, 2.05) is 30.5 Å². The molecule has 34 heavy (non-hydrogen) atoms. The minimum atomic E-state index is 0.0787. The molecular formula is C25H31ClN4O4. The fourth-order valence-electron chi connectivity index (χ4n) is 4.98. The van der Waals surface area contributed by atoms with Gasteiger partial charge in [0, 0.05) is 55.9 Å². The molecule has 1 aromatic heterocycles. The van der Waals surface area contributed by atoms with Crippen molar-refractivity contribution in [2.45, 2.75) is 37.9 Å². The Morgan fingerprint density at radius 3 is 2.79 bits per heavy atom. The summed E-state index contributed by atoms with van der Waals surface area (Å²) in [5.41, 5.74) is 1.99. The number of benzene rings is 1. The van der Waals surface area contributed by atoms with Gasteiger partial charge >= 0.3 is 0 Å². The summed E-state index contributed by atoms with van der Waals surface area (Å²) in [4.78, 5) is 21.9. The highest BCUT2D eigenvalue weighted by Crippen LogP contribution is 2.36. The molecule has 4 heterocycles. The standard InChI is InChI=1S/C25H31ClN4O4/c26-20-14-24-23(33-17-34-24)13-18(20)15-27-8-6-19-4-5-25(31)30(19)16-22(21-3-1-2-7-28-21)29-9-11-32-12-10-29/h1-3,7,13-14,19,22,27H,4-6,8-12,15-17H2/t19-,22-/m0/s1. The monoisotopic (exact) mass is 486 g/mol. The van der Waals surface area contributed by atoms with Gasteiger partial charge in [0.15, 0.2) is 11.5 Å². The molecule has 1 N–H and O–H groups in total. The SMILES string of the molecule is O=C1CC[C@@H](CCNCc2cc3c(cc2Cl)OCO3)N1C[C@@H](c1ccccn1)N1CCOCC1. The summed E-state index contributed by atoms with van der Waals surface area (Å²) in [6, 6.07) is 10.1. The molecule has 2 fully saturated rings. The number of halogens is 1. The minimum Gasteiger partial charge on any atom is -0.454 e. The van der Waals surface area contributed by atoms with Crippen LogP contribution >= 0.6 is 11.6 Å². The number of hydrogen-bond acceptors (Lipinski definition) is 7. The Hall–Kier alpha value is -2.39. The molecular weight excluding hydrogens is 456 g/mol. The maximum atomic E-state index is 12.8. The third-order valence-electron chi connectivity index (χ3n) is 6.85. The summed E-state index contributed by atoms with van der Waals surface area (Å²) < 4.78 is 16.4. The second-order valence-corrected chi connectivity index (χ2v) is 9.33. The van der Waals surface area contributed by atoms with Crippen LogP contribution in [0.25, 0.3) is 0 Å². The average Bonchev–Trinajstić information content (AvgIpc) is 3.47. The molecule has 2 aromatic rings. The van der Waals surface area contributed by atoms with Crippen LogP contribution in [-0.2, 0) is 16.1 Å². The summed E-state index contributed by atoms with van der Waals surface area (Å²) >= 11 is 6.40. The van der Waals surface area contributed by atoms with Crippen LogP contribution in [-0.4, -0.2) is 72.9 Å². The van der Waals surface area contributed by atoms with Crippen LogP contribution in [0.3, 0.4) is 0 Å². The van der Waals surface area contributed by atoms with Crippen molar-refractivity contribution in [1.82, 2.24) is 20.1 Å². The smallest absolute Gasteiger partial charge is 0.231 e. The maximum absolute atomic E-state index is 12.8. The van der Waals surface area contributed by atoms with Crippen LogP contribution in [0.1, 0.15) is 36.6 Å². The topological polar surface area (TPSA) is 76.2 Å². The number of amides is 1. The highest BCUT2D eigenvalue weighted by molar-refractivity contribution is 6.31. The molecule has 8 nitrogen and oxygen atoms in total. The zero-order chi connectivity index (χ0) is 23.3. The number of nitrogens with zero attached hydrogens (tertiary/aromatic N) is 3. The number of likely N-dealkylation sites (tertiary alicyclic amines) is 1. The number of rotatable bonds is 9. The van der Waals surface area contributed by atoms with E-state index in [1.165, 1.54) is 0 Å². The number of nitrogens with one attached hydrogen (secondary N) is 1. The van der Waals surface area contributed by atoms with E-state index in [0.29, 0.717) is 43.5 Å². The van der Waals surface area contributed by atoms with Crippen molar-refractivity contribution in [3.63, 3.8) is 0 Å². The molecule has 0 unspecified atom stereocenters. The lowest BCUT2D eigenvalue weighted by Gasteiger charge is -2.37. The van der Waals surface area contributed by atoms with Gasteiger partial charge in [-0.3, -0.25) is 14.7 Å². The first-order chi connectivity index (χ1) is 16.7. The molecule has 0 saturated carbocycles. The molecule has 0 spiro atoms. The van der Waals surface area contributed by atoms with Crippen molar-refractivity contribution in [3.8, 4) is 11.5 Å². The highest BCUT2D eigenvalue weighted by Gasteiger charge is 2.35. The van der Waals surface area contributed by atoms with Crippen LogP contribution in [0.2, 0.25) is 5.02 Å². The Morgan fingerprint density at radius 2 is 2.00 bits per heavy atom. The van der Waals surface area contributed by atoms with Crippen molar-refractivity contribution in [1.29, 1.82) is 0 Å². The first-order valence-corrected chi connectivity index (χ1v) is 12.4. The van der Waals surface area contributed by atoms with E-state index in [-0.39, 0.29) is 24.8 Å². The predicted octanol–water partition coefficient (Wildman–Crippen LogP) is 3.01. The second kappa shape index (κ2) is 10.9. The molecule has 2 atom stereocenters. The van der Waals surface area contributed by atoms with E-state index in [9.17, 15) is 4.79 Å². The molecule has 2 saturated heterocycles. The predicted molar refractivity (Wildman–Crippen MR) is 128 cm³/mol. The first kappa shape index (κ1) is 23.4. The third kappa shape index (κ3) is 5.30. The molecule has 5 rings (SSSR count). The van der Waals surface area contributed by atoms with Gasteiger partial charge in [0.05, 0.1) is 24.9 Å². The van der Waals surface area contributed by atoms with Gasteiger partial charge in [-0.25, -0.2) is 0 Å². The second-order valence-electron chi connectivity index (χ2n) is 8.92. The zero-order valence-electron chi connectivity index (χ0n) is 19.2. The fraction of sp³-hybridized carbons (Fsp3) is 0.520. The number of aromatic nitrogens is 1. The van der Waals surface area contributed by atoms with Crippen molar-refractivity contribution >= 4 is 17.5 Å². The zero-order valence-corrected chi connectivity index (χ0v) is 20.0. The number of morpholine rings is 1. The van der Waals surface area contributed by atoms with Gasteiger partial charge in [-0.2, -0.15) is 0 Å². The molecule has 3 aliphatic rings. The quantitative estimate of drug-likeness (QED) is 0.546. The molecule has 0 radical (unpaired) electrons. The summed E-state index contributed by atoms with van der Waals surface area (Å²) in [7, 11) is 0. The molecule has 9 heteroatoms. The van der Waals surface area contributed by atoms with Gasteiger partial charge in [-0.1, -0.05) is 17.7 Å². The number of fused-ring (bicyclic) bond motifs is 1. The highest BCUT2D eigenvalue weighted by atomic mass is 35.5. The van der Waals surface area contributed by atoms with E-state index in [0.717, 1.165) is 49.5 Å². The number of carbonyl (C=O) groups excluding carboxylic acids is 1. The van der Waals surface area contributed by atoms with E-state index in [4.69, 9.17) is 25.8 Å². The lowest BCUT2D eigenvalue weighted by atomic mass is 10.1. The Bertz CT molecular complexity index is 986. The fourth-order valence-corrected chi connectivity index (χ4v) is 5.20. The summed E-state index contributed by atoms with van der Waals surface area (Å²) in [6.45, 7) is 5.47. The van der Waals surface area contributed by atoms with E-state index in [1.54, 1.807) is 0 Å². The number of ether oxygens (including phenoxy) is 3. The molecule has 1 amide bonds. The number of pyridine rings is 1. The normalized spacial score (nSPS) is 21.3. The maximum Gasteiger partial charge on any atom is 0.231 e. The van der Waals surface area contributed by atoms with Crippen molar-refractivity contribution in [3.05, 3.63) is 52.8 Å². The summed E-state index contributed by atoms with van der Waals surface area (Å²) in [5.74, 6) is 1.66. The van der Waals surface area contributed by atoms with Crippen LogP contribution < -0.4 is 14.8 Å². The average molecular weight is 487 g/mol. The van der Waals surface area contributed by atoms with Gasteiger partial charge in [0.25, 0.3) is 0 Å². The number of hydrogen-bond donors (Lipinski definition) is 1. The van der Waals surface area contributed by atoms with Crippen molar-refractivity contribution in [2.24, 2.45) is 0 Å². The minimum absolute atomic E-state index is 0.0787. The van der Waals surface area contributed by atoms with Gasteiger partial charge in [0.2, 0.25) is 12.7 Å². The van der Waals surface area contributed by atoms with Gasteiger partial charge in [0.1, 0.15) is 0 Å². The molecule has 3 aliphatic heterocycles. The Kier molecular flexibility index (Phi) is 7.49. The molecule has 0 bridgehead atoms. The van der Waals surface area contributed by atoms with Crippen molar-refractivity contribution < 1.29 is 19.0 Å². The van der Waals surface area contributed by atoms with Crippen LogP contribution in [0.5, 0.6) is 11.5 Å². The third-order valence-corrected chi connectivity index (χ3v) is 7.20. The molecule has 0 aliphatic carbocycles. The Labute approximate surface area is 205 Å². The largest absolute Gasteiger partial charge is 0.454 e. The van der Waals surface area contributed by atoms with Crippen LogP contribution in [0.4, 0.5) is 0 Å². The van der Waals surface area contributed by atoms with Gasteiger partial charge in [-0.15, -0.1) is 0 Å². The number of carbonyl (C=O) groups is 1. The lowest BCUT2D eigenvalue weighted by Crippen LogP contribution is -2.46. The Morgan fingerprint density at radius 1 is 1.18 bits per heavy atom. The van der Waals surface area contributed by atoms with Gasteiger partial charge in [-0.05, 0) is 43.1 Å². The van der Waals surface area contributed by atoms with Crippen LogP contribution in [0.15, 0.2) is 36.5 Å². The van der Waals surface area contributed by atoms with Crippen LogP contribution in [0, 0.1) is 0 Å². The van der Waals surface area contributed by atoms with Gasteiger partial charge < -0.3 is 24.4 Å². The van der Waals surface area contributed by atoms with E-state index < -0.39 is 0 Å². The molecule has 1 aromatic carbocycles. The molecule has 182 valence electrons. The van der Waals surface area contributed by atoms with E-state index in [2.05, 4.69) is 26.2 Å². The van der Waals surface area contributed by atoms with Crippen molar-refractivity contribution in [2.75, 3.05) is 46.2 Å².